The predicted octanol–water partition coefficient (Wildman–Crippen LogP) is 2.65. The van der Waals surface area contributed by atoms with Gasteiger partial charge < -0.3 is 10.4 Å². The molecular formula is C15H22N2O3. The number of nitro groups is 1. The molecule has 1 aromatic rings. The van der Waals surface area contributed by atoms with Crippen LogP contribution >= 0.6 is 0 Å². The molecule has 110 valence electrons. The van der Waals surface area contributed by atoms with Crippen LogP contribution in [0.3, 0.4) is 0 Å². The summed E-state index contributed by atoms with van der Waals surface area (Å²) in [6.45, 7) is 3.13. The number of aliphatic hydroxyl groups is 1. The normalized spacial score (nSPS) is 23.7. The number of hydrogen-bond acceptors (Lipinski definition) is 4. The van der Waals surface area contributed by atoms with E-state index in [1.165, 1.54) is 12.5 Å². The minimum absolute atomic E-state index is 0.0786. The van der Waals surface area contributed by atoms with Gasteiger partial charge in [0, 0.05) is 24.8 Å². The lowest BCUT2D eigenvalue weighted by Crippen LogP contribution is -2.28. The Kier molecular flexibility index (Phi) is 5.09. The first kappa shape index (κ1) is 14.9. The van der Waals surface area contributed by atoms with Crippen molar-refractivity contribution in [3.05, 3.63) is 39.9 Å². The van der Waals surface area contributed by atoms with Crippen molar-refractivity contribution in [2.24, 2.45) is 11.8 Å². The van der Waals surface area contributed by atoms with Gasteiger partial charge in [-0.05, 0) is 43.7 Å². The lowest BCUT2D eigenvalue weighted by molar-refractivity contribution is -0.384. The van der Waals surface area contributed by atoms with Gasteiger partial charge in [0.2, 0.25) is 0 Å². The Hall–Kier alpha value is -1.46. The van der Waals surface area contributed by atoms with E-state index < -0.39 is 0 Å². The van der Waals surface area contributed by atoms with Crippen LogP contribution < -0.4 is 5.32 Å². The highest BCUT2D eigenvalue weighted by molar-refractivity contribution is 5.35. The average Bonchev–Trinajstić information content (AvgIpc) is 2.92. The number of hydrogen-bond donors (Lipinski definition) is 2. The molecule has 0 aliphatic heterocycles. The van der Waals surface area contributed by atoms with E-state index in [1.54, 1.807) is 12.1 Å². The SMILES string of the molecule is CC(NCC1CCCC1CO)c1cccc([N+](=O)[O-])c1. The summed E-state index contributed by atoms with van der Waals surface area (Å²) in [6, 6.07) is 6.83. The molecule has 3 atom stereocenters. The van der Waals surface area contributed by atoms with Gasteiger partial charge in [-0.3, -0.25) is 10.1 Å². The van der Waals surface area contributed by atoms with E-state index in [0.29, 0.717) is 11.8 Å². The van der Waals surface area contributed by atoms with Crippen LogP contribution in [0.15, 0.2) is 24.3 Å². The largest absolute Gasteiger partial charge is 0.396 e. The summed E-state index contributed by atoms with van der Waals surface area (Å²) in [7, 11) is 0. The number of nitro benzene ring substituents is 1. The summed E-state index contributed by atoms with van der Waals surface area (Å²) in [5.41, 5.74) is 1.06. The molecule has 5 heteroatoms. The molecule has 20 heavy (non-hydrogen) atoms. The number of nitrogens with one attached hydrogen (secondary N) is 1. The molecule has 1 saturated carbocycles. The smallest absolute Gasteiger partial charge is 0.269 e. The van der Waals surface area contributed by atoms with Gasteiger partial charge in [-0.1, -0.05) is 18.6 Å². The summed E-state index contributed by atoms with van der Waals surface area (Å²) in [5.74, 6) is 0.918. The number of benzene rings is 1. The van der Waals surface area contributed by atoms with E-state index in [9.17, 15) is 15.2 Å². The molecule has 0 amide bonds. The van der Waals surface area contributed by atoms with Gasteiger partial charge in [-0.2, -0.15) is 0 Å². The molecule has 0 radical (unpaired) electrons. The van der Waals surface area contributed by atoms with Crippen LogP contribution in [0, 0.1) is 22.0 Å². The fourth-order valence-corrected chi connectivity index (χ4v) is 2.98. The van der Waals surface area contributed by atoms with Crippen molar-refractivity contribution in [3.63, 3.8) is 0 Å². The van der Waals surface area contributed by atoms with E-state index in [2.05, 4.69) is 5.32 Å². The Bertz CT molecular complexity index is 464. The molecule has 2 rings (SSSR count). The van der Waals surface area contributed by atoms with Crippen molar-refractivity contribution in [1.29, 1.82) is 0 Å². The predicted molar refractivity (Wildman–Crippen MR) is 77.4 cm³/mol. The van der Waals surface area contributed by atoms with Crippen LogP contribution in [-0.4, -0.2) is 23.2 Å². The summed E-state index contributed by atoms with van der Waals surface area (Å²) in [6.07, 6.45) is 3.44. The van der Waals surface area contributed by atoms with Crippen molar-refractivity contribution < 1.29 is 10.0 Å². The van der Waals surface area contributed by atoms with E-state index in [-0.39, 0.29) is 23.3 Å². The Morgan fingerprint density at radius 3 is 2.90 bits per heavy atom. The third kappa shape index (κ3) is 3.55. The molecule has 0 saturated heterocycles. The maximum Gasteiger partial charge on any atom is 0.269 e. The van der Waals surface area contributed by atoms with Crippen LogP contribution in [0.25, 0.3) is 0 Å². The summed E-state index contributed by atoms with van der Waals surface area (Å²) < 4.78 is 0. The molecule has 1 aromatic carbocycles. The monoisotopic (exact) mass is 278 g/mol. The molecule has 3 unspecified atom stereocenters. The maximum atomic E-state index is 10.8. The quantitative estimate of drug-likeness (QED) is 0.619. The first-order valence-electron chi connectivity index (χ1n) is 7.20. The highest BCUT2D eigenvalue weighted by Gasteiger charge is 2.26. The second-order valence-electron chi connectivity index (χ2n) is 5.62. The fourth-order valence-electron chi connectivity index (χ4n) is 2.98. The van der Waals surface area contributed by atoms with E-state index in [0.717, 1.165) is 24.9 Å². The first-order valence-corrected chi connectivity index (χ1v) is 7.20. The molecule has 0 heterocycles. The van der Waals surface area contributed by atoms with E-state index in [4.69, 9.17) is 0 Å². The van der Waals surface area contributed by atoms with E-state index in [1.807, 2.05) is 13.0 Å². The standard InChI is InChI=1S/C15H22N2O3/c1-11(12-4-3-7-15(8-12)17(19)20)16-9-13-5-2-6-14(13)10-18/h3-4,7-8,11,13-14,16,18H,2,5-6,9-10H2,1H3. The van der Waals surface area contributed by atoms with Crippen LogP contribution in [0.1, 0.15) is 37.8 Å². The van der Waals surface area contributed by atoms with Crippen LogP contribution in [0.5, 0.6) is 0 Å². The van der Waals surface area contributed by atoms with Gasteiger partial charge in [-0.25, -0.2) is 0 Å². The molecular weight excluding hydrogens is 256 g/mol. The minimum Gasteiger partial charge on any atom is -0.396 e. The topological polar surface area (TPSA) is 75.4 Å². The average molecular weight is 278 g/mol. The molecule has 0 spiro atoms. The third-order valence-corrected chi connectivity index (χ3v) is 4.32. The molecule has 0 bridgehead atoms. The number of non-ortho nitro benzene ring substituents is 1. The number of aliphatic hydroxyl groups excluding tert-OH is 1. The molecule has 1 aliphatic carbocycles. The van der Waals surface area contributed by atoms with Gasteiger partial charge in [-0.15, -0.1) is 0 Å². The first-order chi connectivity index (χ1) is 9.61. The van der Waals surface area contributed by atoms with Gasteiger partial charge in [0.25, 0.3) is 5.69 Å². The Balaban J connectivity index is 1.93. The molecule has 2 N–H and O–H groups in total. The molecule has 5 nitrogen and oxygen atoms in total. The molecule has 1 aliphatic rings. The highest BCUT2D eigenvalue weighted by Crippen LogP contribution is 2.31. The van der Waals surface area contributed by atoms with Crippen molar-refractivity contribution in [1.82, 2.24) is 5.32 Å². The lowest BCUT2D eigenvalue weighted by Gasteiger charge is -2.21. The third-order valence-electron chi connectivity index (χ3n) is 4.32. The van der Waals surface area contributed by atoms with Gasteiger partial charge in [0.05, 0.1) is 4.92 Å². The van der Waals surface area contributed by atoms with Gasteiger partial charge >= 0.3 is 0 Å². The minimum atomic E-state index is -0.366. The number of nitrogens with zero attached hydrogens (tertiary/aromatic N) is 1. The summed E-state index contributed by atoms with van der Waals surface area (Å²) >= 11 is 0. The maximum absolute atomic E-state index is 10.8. The summed E-state index contributed by atoms with van der Waals surface area (Å²) in [5, 5.41) is 23.5. The zero-order chi connectivity index (χ0) is 14.5. The molecule has 1 fully saturated rings. The van der Waals surface area contributed by atoms with Crippen LogP contribution in [-0.2, 0) is 0 Å². The van der Waals surface area contributed by atoms with Crippen LogP contribution in [0.2, 0.25) is 0 Å². The van der Waals surface area contributed by atoms with Crippen molar-refractivity contribution in [2.45, 2.75) is 32.2 Å². The second kappa shape index (κ2) is 6.81. The fraction of sp³-hybridized carbons (Fsp3) is 0.600. The molecule has 0 aromatic heterocycles. The second-order valence-corrected chi connectivity index (χ2v) is 5.62. The highest BCUT2D eigenvalue weighted by atomic mass is 16.6. The zero-order valence-electron chi connectivity index (χ0n) is 11.8. The van der Waals surface area contributed by atoms with Crippen molar-refractivity contribution >= 4 is 5.69 Å². The lowest BCUT2D eigenvalue weighted by atomic mass is 9.96. The Morgan fingerprint density at radius 1 is 1.45 bits per heavy atom. The van der Waals surface area contributed by atoms with Crippen LogP contribution in [0.4, 0.5) is 5.69 Å². The zero-order valence-corrected chi connectivity index (χ0v) is 11.8. The van der Waals surface area contributed by atoms with E-state index >= 15 is 0 Å². The van der Waals surface area contributed by atoms with Gasteiger partial charge in [0.15, 0.2) is 0 Å². The summed E-state index contributed by atoms with van der Waals surface area (Å²) in [4.78, 5) is 10.4. The van der Waals surface area contributed by atoms with Gasteiger partial charge in [0.1, 0.15) is 0 Å². The Morgan fingerprint density at radius 2 is 2.20 bits per heavy atom. The van der Waals surface area contributed by atoms with Crippen molar-refractivity contribution in [2.75, 3.05) is 13.2 Å². The van der Waals surface area contributed by atoms with Crippen molar-refractivity contribution in [3.8, 4) is 0 Å². The Labute approximate surface area is 119 Å². The number of rotatable bonds is 6.